The highest BCUT2D eigenvalue weighted by atomic mass is 32.2. The van der Waals surface area contributed by atoms with Crippen LogP contribution in [-0.4, -0.2) is 62.4 Å². The molecule has 0 saturated carbocycles. The van der Waals surface area contributed by atoms with Crippen LogP contribution < -0.4 is 5.32 Å². The number of carbonyl (C=O) groups excluding carboxylic acids is 2. The van der Waals surface area contributed by atoms with E-state index in [2.05, 4.69) is 5.32 Å². The fraction of sp³-hybridized carbons (Fsp3) is 0.263. The molecule has 2 amide bonds. The lowest BCUT2D eigenvalue weighted by Crippen LogP contribution is -2.60. The Balaban J connectivity index is 1.80. The number of hydrogen-bond donors (Lipinski definition) is 1. The first-order chi connectivity index (χ1) is 13.4. The van der Waals surface area contributed by atoms with Crippen LogP contribution in [0, 0.1) is 0 Å². The second-order valence-electron chi connectivity index (χ2n) is 6.21. The Morgan fingerprint density at radius 2 is 1.61 bits per heavy atom. The van der Waals surface area contributed by atoms with Gasteiger partial charge in [-0.25, -0.2) is 13.2 Å². The lowest BCUT2D eigenvalue weighted by molar-refractivity contribution is -0.146. The number of anilines is 1. The van der Waals surface area contributed by atoms with E-state index in [1.54, 1.807) is 42.5 Å². The third-order valence-electron chi connectivity index (χ3n) is 4.47. The molecule has 1 heterocycles. The van der Waals surface area contributed by atoms with Crippen molar-refractivity contribution in [3.8, 4) is 0 Å². The molecule has 9 heteroatoms. The molecule has 1 atom stereocenters. The van der Waals surface area contributed by atoms with Gasteiger partial charge in [0.15, 0.2) is 0 Å². The van der Waals surface area contributed by atoms with E-state index >= 15 is 0 Å². The number of sulfonamides is 1. The van der Waals surface area contributed by atoms with Gasteiger partial charge in [-0.2, -0.15) is 4.31 Å². The average molecular weight is 403 g/mol. The first-order valence-electron chi connectivity index (χ1n) is 8.69. The zero-order valence-corrected chi connectivity index (χ0v) is 16.1. The van der Waals surface area contributed by atoms with Crippen molar-refractivity contribution < 1.29 is 22.7 Å². The molecule has 1 fully saturated rings. The molecule has 8 nitrogen and oxygen atoms in total. The van der Waals surface area contributed by atoms with E-state index in [-0.39, 0.29) is 24.5 Å². The number of carbonyl (C=O) groups is 2. The molecule has 28 heavy (non-hydrogen) atoms. The molecule has 0 radical (unpaired) electrons. The number of piperazine rings is 1. The Bertz CT molecular complexity index is 935. The number of rotatable bonds is 4. The zero-order valence-electron chi connectivity index (χ0n) is 15.3. The Hall–Kier alpha value is -2.91. The van der Waals surface area contributed by atoms with E-state index in [0.29, 0.717) is 5.69 Å². The largest absolute Gasteiger partial charge is 0.468 e. The fourth-order valence-electron chi connectivity index (χ4n) is 3.02. The second kappa shape index (κ2) is 8.41. The van der Waals surface area contributed by atoms with Crippen LogP contribution in [0.2, 0.25) is 0 Å². The maximum Gasteiger partial charge on any atom is 0.326 e. The van der Waals surface area contributed by atoms with E-state index in [1.165, 1.54) is 24.1 Å². The maximum absolute atomic E-state index is 13.0. The quantitative estimate of drug-likeness (QED) is 0.785. The van der Waals surface area contributed by atoms with Crippen molar-refractivity contribution in [1.82, 2.24) is 9.21 Å². The highest BCUT2D eigenvalue weighted by Gasteiger charge is 2.42. The molecule has 2 aromatic carbocycles. The van der Waals surface area contributed by atoms with Gasteiger partial charge in [0.1, 0.15) is 6.04 Å². The summed E-state index contributed by atoms with van der Waals surface area (Å²) in [4.78, 5) is 26.3. The predicted octanol–water partition coefficient (Wildman–Crippen LogP) is 1.77. The van der Waals surface area contributed by atoms with Gasteiger partial charge in [0.05, 0.1) is 12.0 Å². The van der Waals surface area contributed by atoms with Crippen molar-refractivity contribution >= 4 is 27.7 Å². The number of hydrogen-bond acceptors (Lipinski definition) is 5. The smallest absolute Gasteiger partial charge is 0.326 e. The van der Waals surface area contributed by atoms with Crippen LogP contribution in [0.25, 0.3) is 0 Å². The third kappa shape index (κ3) is 4.15. The Morgan fingerprint density at radius 1 is 1.00 bits per heavy atom. The second-order valence-corrected chi connectivity index (χ2v) is 8.10. The van der Waals surface area contributed by atoms with Crippen LogP contribution in [0.5, 0.6) is 0 Å². The molecule has 0 aliphatic carbocycles. The Labute approximate surface area is 163 Å². The molecule has 0 bridgehead atoms. The number of nitrogens with one attached hydrogen (secondary N) is 1. The topological polar surface area (TPSA) is 96.0 Å². The maximum atomic E-state index is 13.0. The van der Waals surface area contributed by atoms with E-state index in [0.717, 1.165) is 4.31 Å². The SMILES string of the molecule is COC(=O)[C@H]1CN(C(=O)Nc2ccccc2)CCN1S(=O)(=O)c1ccccc1. The molecular formula is C19H21N3O5S. The molecule has 3 rings (SSSR count). The van der Waals surface area contributed by atoms with E-state index in [9.17, 15) is 18.0 Å². The van der Waals surface area contributed by atoms with Crippen molar-refractivity contribution in [3.05, 3.63) is 60.7 Å². The van der Waals surface area contributed by atoms with Gasteiger partial charge in [-0.3, -0.25) is 4.79 Å². The lowest BCUT2D eigenvalue weighted by Gasteiger charge is -2.38. The molecule has 1 aliphatic heterocycles. The number of esters is 1. The minimum absolute atomic E-state index is 0.0147. The zero-order chi connectivity index (χ0) is 20.1. The summed E-state index contributed by atoms with van der Waals surface area (Å²) in [5.74, 6) is -0.711. The van der Waals surface area contributed by atoms with Crippen molar-refractivity contribution in [3.63, 3.8) is 0 Å². The summed E-state index contributed by atoms with van der Waals surface area (Å²) >= 11 is 0. The summed E-state index contributed by atoms with van der Waals surface area (Å²) in [5, 5.41) is 2.74. The van der Waals surface area contributed by atoms with Gasteiger partial charge in [0, 0.05) is 25.3 Å². The van der Waals surface area contributed by atoms with E-state index in [4.69, 9.17) is 4.74 Å². The van der Waals surface area contributed by atoms with Crippen LogP contribution in [0.1, 0.15) is 0 Å². The summed E-state index contributed by atoms with van der Waals surface area (Å²) in [6.07, 6.45) is 0. The summed E-state index contributed by atoms with van der Waals surface area (Å²) in [6.45, 7) is 0.0365. The molecular weight excluding hydrogens is 382 g/mol. The summed E-state index contributed by atoms with van der Waals surface area (Å²) in [7, 11) is -2.71. The van der Waals surface area contributed by atoms with Crippen LogP contribution >= 0.6 is 0 Å². The average Bonchev–Trinajstić information content (AvgIpc) is 2.74. The van der Waals surface area contributed by atoms with Crippen LogP contribution in [-0.2, 0) is 19.6 Å². The van der Waals surface area contributed by atoms with Crippen molar-refractivity contribution in [2.24, 2.45) is 0 Å². The number of para-hydroxylation sites is 1. The van der Waals surface area contributed by atoms with Crippen molar-refractivity contribution in [1.29, 1.82) is 0 Å². The number of methoxy groups -OCH3 is 1. The monoisotopic (exact) mass is 403 g/mol. The number of urea groups is 1. The number of benzene rings is 2. The van der Waals surface area contributed by atoms with Gasteiger partial charge >= 0.3 is 12.0 Å². The molecule has 1 N–H and O–H groups in total. The van der Waals surface area contributed by atoms with E-state index in [1.807, 2.05) is 6.07 Å². The molecule has 1 aliphatic rings. The normalized spacial score (nSPS) is 17.8. The standard InChI is InChI=1S/C19H21N3O5S/c1-27-18(23)17-14-21(19(24)20-15-8-4-2-5-9-15)12-13-22(17)28(25,26)16-10-6-3-7-11-16/h2-11,17H,12-14H2,1H3,(H,20,24)/t17-/m1/s1. The number of amides is 2. The first kappa shape index (κ1) is 19.8. The van der Waals surface area contributed by atoms with Gasteiger partial charge in [-0.05, 0) is 24.3 Å². The Morgan fingerprint density at radius 3 is 2.21 bits per heavy atom. The van der Waals surface area contributed by atoms with Crippen LogP contribution in [0.3, 0.4) is 0 Å². The molecule has 2 aromatic rings. The molecule has 148 valence electrons. The highest BCUT2D eigenvalue weighted by molar-refractivity contribution is 7.89. The Kier molecular flexibility index (Phi) is 5.96. The molecule has 0 spiro atoms. The van der Waals surface area contributed by atoms with Gasteiger partial charge in [0.2, 0.25) is 10.0 Å². The molecule has 0 aromatic heterocycles. The summed E-state index contributed by atoms with van der Waals surface area (Å²) in [6, 6.07) is 15.2. The minimum Gasteiger partial charge on any atom is -0.468 e. The lowest BCUT2D eigenvalue weighted by atomic mass is 10.2. The highest BCUT2D eigenvalue weighted by Crippen LogP contribution is 2.22. The summed E-state index contributed by atoms with van der Waals surface area (Å²) in [5.41, 5.74) is 0.612. The van der Waals surface area contributed by atoms with Gasteiger partial charge in [-0.15, -0.1) is 0 Å². The predicted molar refractivity (Wildman–Crippen MR) is 103 cm³/mol. The molecule has 0 unspecified atom stereocenters. The number of ether oxygens (including phenoxy) is 1. The van der Waals surface area contributed by atoms with Crippen LogP contribution in [0.4, 0.5) is 10.5 Å². The van der Waals surface area contributed by atoms with Crippen molar-refractivity contribution in [2.75, 3.05) is 32.1 Å². The molecule has 1 saturated heterocycles. The fourth-order valence-corrected chi connectivity index (χ4v) is 4.60. The van der Waals surface area contributed by atoms with Gasteiger partial charge < -0.3 is 15.0 Å². The van der Waals surface area contributed by atoms with Crippen molar-refractivity contribution in [2.45, 2.75) is 10.9 Å². The summed E-state index contributed by atoms with van der Waals surface area (Å²) < 4.78 is 31.9. The van der Waals surface area contributed by atoms with Crippen LogP contribution in [0.15, 0.2) is 65.6 Å². The van der Waals surface area contributed by atoms with Gasteiger partial charge in [0.25, 0.3) is 0 Å². The first-order valence-corrected chi connectivity index (χ1v) is 10.1. The van der Waals surface area contributed by atoms with Gasteiger partial charge in [-0.1, -0.05) is 36.4 Å². The van der Waals surface area contributed by atoms with E-state index < -0.39 is 28.1 Å². The minimum atomic E-state index is -3.90. The third-order valence-corrected chi connectivity index (χ3v) is 6.39. The number of nitrogens with zero attached hydrogens (tertiary/aromatic N) is 2.